The SMILES string of the molecule is CNC(=O)c1ccc(-c2nn(N)c3ccnc(C4CCCCC4)c23)cc1. The minimum atomic E-state index is -0.102. The normalized spacial score (nSPS) is 15.3. The fraction of sp³-hybridized carbons (Fsp3) is 0.350. The molecule has 1 aliphatic carbocycles. The van der Waals surface area contributed by atoms with Crippen LogP contribution in [0.2, 0.25) is 0 Å². The second-order valence-corrected chi connectivity index (χ2v) is 6.87. The fourth-order valence-corrected chi connectivity index (χ4v) is 3.92. The molecule has 1 amide bonds. The first-order valence-electron chi connectivity index (χ1n) is 9.14. The molecule has 2 heterocycles. The van der Waals surface area contributed by atoms with E-state index in [1.165, 1.54) is 24.1 Å². The van der Waals surface area contributed by atoms with E-state index in [0.29, 0.717) is 11.5 Å². The maximum absolute atomic E-state index is 11.8. The molecule has 0 radical (unpaired) electrons. The van der Waals surface area contributed by atoms with Gasteiger partial charge in [-0.25, -0.2) is 0 Å². The summed E-state index contributed by atoms with van der Waals surface area (Å²) in [6.07, 6.45) is 7.95. The lowest BCUT2D eigenvalue weighted by molar-refractivity contribution is 0.0963. The number of hydrogen-bond donors (Lipinski definition) is 2. The van der Waals surface area contributed by atoms with Crippen molar-refractivity contribution in [2.75, 3.05) is 12.9 Å². The van der Waals surface area contributed by atoms with Crippen LogP contribution in [0, 0.1) is 0 Å². The molecular weight excluding hydrogens is 326 g/mol. The van der Waals surface area contributed by atoms with Crippen molar-refractivity contribution in [1.82, 2.24) is 20.2 Å². The Bertz CT molecular complexity index is 939. The summed E-state index contributed by atoms with van der Waals surface area (Å²) in [7, 11) is 1.63. The van der Waals surface area contributed by atoms with E-state index in [1.54, 1.807) is 7.05 Å². The van der Waals surface area contributed by atoms with E-state index in [9.17, 15) is 4.79 Å². The molecule has 1 saturated carbocycles. The third-order valence-electron chi connectivity index (χ3n) is 5.29. The van der Waals surface area contributed by atoms with Crippen LogP contribution < -0.4 is 11.2 Å². The number of nitrogen functional groups attached to an aromatic ring is 1. The molecule has 2 aromatic heterocycles. The molecule has 1 aliphatic rings. The van der Waals surface area contributed by atoms with Crippen LogP contribution >= 0.6 is 0 Å². The number of benzene rings is 1. The predicted octanol–water partition coefficient (Wildman–Crippen LogP) is 3.22. The Hall–Kier alpha value is -2.89. The Morgan fingerprint density at radius 2 is 1.88 bits per heavy atom. The molecule has 134 valence electrons. The second kappa shape index (κ2) is 6.78. The number of aromatic nitrogens is 3. The van der Waals surface area contributed by atoms with Gasteiger partial charge in [-0.15, -0.1) is 0 Å². The van der Waals surface area contributed by atoms with E-state index in [2.05, 4.69) is 10.4 Å². The van der Waals surface area contributed by atoms with Crippen molar-refractivity contribution in [2.24, 2.45) is 0 Å². The number of fused-ring (bicyclic) bond motifs is 1. The molecule has 1 fully saturated rings. The van der Waals surface area contributed by atoms with Crippen molar-refractivity contribution in [3.63, 3.8) is 0 Å². The minimum Gasteiger partial charge on any atom is -0.355 e. The van der Waals surface area contributed by atoms with Gasteiger partial charge in [0, 0.05) is 30.3 Å². The van der Waals surface area contributed by atoms with Crippen LogP contribution in [-0.4, -0.2) is 27.8 Å². The molecule has 0 spiro atoms. The molecule has 0 aliphatic heterocycles. The monoisotopic (exact) mass is 349 g/mol. The first-order chi connectivity index (χ1) is 12.7. The maximum Gasteiger partial charge on any atom is 0.251 e. The number of nitrogens with two attached hydrogens (primary N) is 1. The molecule has 4 rings (SSSR count). The number of nitrogens with one attached hydrogen (secondary N) is 1. The Morgan fingerprint density at radius 3 is 2.58 bits per heavy atom. The summed E-state index contributed by atoms with van der Waals surface area (Å²) in [6, 6.07) is 9.38. The lowest BCUT2D eigenvalue weighted by Gasteiger charge is -2.21. The van der Waals surface area contributed by atoms with E-state index in [-0.39, 0.29) is 5.91 Å². The van der Waals surface area contributed by atoms with Gasteiger partial charge in [-0.1, -0.05) is 31.4 Å². The summed E-state index contributed by atoms with van der Waals surface area (Å²) < 4.78 is 0. The third-order valence-corrected chi connectivity index (χ3v) is 5.29. The number of carbonyl (C=O) groups excluding carboxylic acids is 1. The van der Waals surface area contributed by atoms with Gasteiger partial charge in [0.1, 0.15) is 5.69 Å². The summed E-state index contributed by atoms with van der Waals surface area (Å²) in [4.78, 5) is 17.9. The van der Waals surface area contributed by atoms with Crippen molar-refractivity contribution in [2.45, 2.75) is 38.0 Å². The van der Waals surface area contributed by atoms with Crippen LogP contribution in [0.25, 0.3) is 22.2 Å². The fourth-order valence-electron chi connectivity index (χ4n) is 3.92. The number of pyridine rings is 1. The van der Waals surface area contributed by atoms with Crippen LogP contribution in [0.3, 0.4) is 0 Å². The van der Waals surface area contributed by atoms with Crippen LogP contribution in [0.15, 0.2) is 36.5 Å². The Morgan fingerprint density at radius 1 is 1.15 bits per heavy atom. The Labute approximate surface area is 152 Å². The topological polar surface area (TPSA) is 85.8 Å². The van der Waals surface area contributed by atoms with Gasteiger partial charge in [0.15, 0.2) is 0 Å². The van der Waals surface area contributed by atoms with E-state index < -0.39 is 0 Å². The van der Waals surface area contributed by atoms with Gasteiger partial charge < -0.3 is 11.2 Å². The quantitative estimate of drug-likeness (QED) is 0.711. The first kappa shape index (κ1) is 16.6. The molecule has 0 bridgehead atoms. The lowest BCUT2D eigenvalue weighted by atomic mass is 9.85. The molecule has 3 aromatic rings. The Balaban J connectivity index is 1.83. The van der Waals surface area contributed by atoms with Crippen LogP contribution in [0.5, 0.6) is 0 Å². The highest BCUT2D eigenvalue weighted by molar-refractivity contribution is 5.97. The van der Waals surface area contributed by atoms with Gasteiger partial charge in [-0.05, 0) is 31.0 Å². The second-order valence-electron chi connectivity index (χ2n) is 6.87. The first-order valence-corrected chi connectivity index (χ1v) is 9.14. The molecule has 0 atom stereocenters. The summed E-state index contributed by atoms with van der Waals surface area (Å²) in [5.74, 6) is 6.48. The molecule has 0 unspecified atom stereocenters. The average Bonchev–Trinajstić information content (AvgIpc) is 3.05. The van der Waals surface area contributed by atoms with E-state index in [1.807, 2.05) is 36.5 Å². The zero-order chi connectivity index (χ0) is 18.1. The van der Waals surface area contributed by atoms with E-state index in [4.69, 9.17) is 10.8 Å². The van der Waals surface area contributed by atoms with Crippen LogP contribution in [0.1, 0.15) is 54.1 Å². The zero-order valence-electron chi connectivity index (χ0n) is 14.9. The van der Waals surface area contributed by atoms with Gasteiger partial charge in [0.05, 0.1) is 16.6 Å². The van der Waals surface area contributed by atoms with Crippen molar-refractivity contribution < 1.29 is 4.79 Å². The molecule has 3 N–H and O–H groups in total. The van der Waals surface area contributed by atoms with E-state index in [0.717, 1.165) is 40.7 Å². The molecule has 26 heavy (non-hydrogen) atoms. The van der Waals surface area contributed by atoms with Gasteiger partial charge in [-0.3, -0.25) is 9.78 Å². The van der Waals surface area contributed by atoms with Crippen LogP contribution in [-0.2, 0) is 0 Å². The largest absolute Gasteiger partial charge is 0.355 e. The van der Waals surface area contributed by atoms with Crippen molar-refractivity contribution >= 4 is 16.8 Å². The lowest BCUT2D eigenvalue weighted by Crippen LogP contribution is -2.17. The standard InChI is InChI=1S/C20H23N5O/c1-22-20(26)15-9-7-14(8-10-15)19-17-16(25(21)24-19)11-12-23-18(17)13-5-3-2-4-6-13/h7-13H,2-6,21H2,1H3,(H,22,26). The summed E-state index contributed by atoms with van der Waals surface area (Å²) in [6.45, 7) is 0. The molecule has 6 heteroatoms. The molecule has 1 aromatic carbocycles. The van der Waals surface area contributed by atoms with Gasteiger partial charge in [0.2, 0.25) is 0 Å². The zero-order valence-corrected chi connectivity index (χ0v) is 14.9. The highest BCUT2D eigenvalue weighted by Gasteiger charge is 2.23. The minimum absolute atomic E-state index is 0.102. The van der Waals surface area contributed by atoms with Gasteiger partial charge >= 0.3 is 0 Å². The molecule has 0 saturated heterocycles. The summed E-state index contributed by atoms with van der Waals surface area (Å²) >= 11 is 0. The van der Waals surface area contributed by atoms with E-state index >= 15 is 0 Å². The number of rotatable bonds is 3. The number of nitrogens with zero attached hydrogens (tertiary/aromatic N) is 3. The summed E-state index contributed by atoms with van der Waals surface area (Å²) in [5, 5.41) is 8.24. The Kier molecular flexibility index (Phi) is 4.32. The van der Waals surface area contributed by atoms with Crippen molar-refractivity contribution in [1.29, 1.82) is 0 Å². The van der Waals surface area contributed by atoms with Gasteiger partial charge in [0.25, 0.3) is 5.91 Å². The average molecular weight is 349 g/mol. The summed E-state index contributed by atoms with van der Waals surface area (Å²) in [5.41, 5.74) is 4.39. The predicted molar refractivity (Wildman–Crippen MR) is 102 cm³/mol. The maximum atomic E-state index is 11.8. The smallest absolute Gasteiger partial charge is 0.251 e. The van der Waals surface area contributed by atoms with Gasteiger partial charge in [-0.2, -0.15) is 9.89 Å². The highest BCUT2D eigenvalue weighted by atomic mass is 16.1. The number of carbonyl (C=O) groups is 1. The number of hydrogen-bond acceptors (Lipinski definition) is 4. The molecule has 6 nitrogen and oxygen atoms in total. The highest BCUT2D eigenvalue weighted by Crippen LogP contribution is 2.38. The van der Waals surface area contributed by atoms with Crippen molar-refractivity contribution in [3.05, 3.63) is 47.8 Å². The molecular formula is C20H23N5O. The third kappa shape index (κ3) is 2.81. The number of amides is 1. The van der Waals surface area contributed by atoms with Crippen molar-refractivity contribution in [3.8, 4) is 11.3 Å². The van der Waals surface area contributed by atoms with Crippen LogP contribution in [0.4, 0.5) is 0 Å².